The number of hydrogen-bond donors (Lipinski definition) is 1. The van der Waals surface area contributed by atoms with Crippen molar-refractivity contribution in [2.75, 3.05) is 20.8 Å². The van der Waals surface area contributed by atoms with E-state index in [1.165, 1.54) is 0 Å². The number of rotatable bonds is 8. The largest absolute Gasteiger partial charge is 0.507 e. The van der Waals surface area contributed by atoms with Crippen LogP contribution in [0.1, 0.15) is 67.8 Å². The zero-order valence-electron chi connectivity index (χ0n) is 20.3. The summed E-state index contributed by atoms with van der Waals surface area (Å²) >= 11 is 0. The topological polar surface area (TPSA) is 76.1 Å². The number of unbranched alkanes of at least 4 members (excludes halogenated alkanes) is 1. The van der Waals surface area contributed by atoms with Crippen LogP contribution < -0.4 is 9.47 Å². The molecule has 6 heteroatoms. The summed E-state index contributed by atoms with van der Waals surface area (Å²) in [5.74, 6) is -0.0267. The normalized spacial score (nSPS) is 17.7. The zero-order chi connectivity index (χ0) is 24.3. The molecular weight excluding hydrogens is 418 g/mol. The second kappa shape index (κ2) is 10.1. The second-order valence-electron chi connectivity index (χ2n) is 8.65. The maximum Gasteiger partial charge on any atom is 0.295 e. The summed E-state index contributed by atoms with van der Waals surface area (Å²) in [4.78, 5) is 27.9. The molecule has 1 saturated heterocycles. The second-order valence-corrected chi connectivity index (χ2v) is 8.65. The Morgan fingerprint density at radius 3 is 2.36 bits per heavy atom. The lowest BCUT2D eigenvalue weighted by Gasteiger charge is -2.26. The van der Waals surface area contributed by atoms with Crippen molar-refractivity contribution >= 4 is 17.4 Å². The Balaban J connectivity index is 2.28. The van der Waals surface area contributed by atoms with Gasteiger partial charge in [0.05, 0.1) is 25.8 Å². The number of ether oxygens (including phenoxy) is 2. The summed E-state index contributed by atoms with van der Waals surface area (Å²) in [7, 11) is 3.17. The van der Waals surface area contributed by atoms with Gasteiger partial charge in [0.2, 0.25) is 0 Å². The molecule has 3 rings (SSSR count). The molecular formula is C27H33NO5. The van der Waals surface area contributed by atoms with Crippen LogP contribution in [-0.2, 0) is 9.59 Å². The first-order chi connectivity index (χ1) is 15.8. The van der Waals surface area contributed by atoms with E-state index >= 15 is 0 Å². The number of para-hydroxylation sites is 1. The quantitative estimate of drug-likeness (QED) is 0.332. The molecule has 0 aliphatic carbocycles. The molecule has 0 radical (unpaired) electrons. The van der Waals surface area contributed by atoms with Crippen molar-refractivity contribution in [1.29, 1.82) is 0 Å². The first-order valence-electron chi connectivity index (χ1n) is 11.4. The van der Waals surface area contributed by atoms with Gasteiger partial charge in [-0.25, -0.2) is 0 Å². The number of carbonyl (C=O) groups excluding carboxylic acids is 2. The number of aliphatic hydroxyl groups is 1. The molecule has 0 aromatic heterocycles. The van der Waals surface area contributed by atoms with Crippen molar-refractivity contribution in [2.45, 2.75) is 52.5 Å². The number of ketones is 1. The summed E-state index contributed by atoms with van der Waals surface area (Å²) in [5, 5.41) is 11.5. The molecule has 1 fully saturated rings. The predicted molar refractivity (Wildman–Crippen MR) is 129 cm³/mol. The number of likely N-dealkylation sites (tertiary alicyclic amines) is 1. The predicted octanol–water partition coefficient (Wildman–Crippen LogP) is 5.36. The molecule has 1 aliphatic rings. The molecule has 0 bridgehead atoms. The number of Topliss-reactive ketones (excluding diaryl/α,β-unsaturated/α-hetero) is 1. The fraction of sp³-hybridized carbons (Fsp3) is 0.407. The van der Waals surface area contributed by atoms with Crippen molar-refractivity contribution in [3.05, 3.63) is 64.2 Å². The third kappa shape index (κ3) is 4.47. The molecule has 6 nitrogen and oxygen atoms in total. The highest BCUT2D eigenvalue weighted by molar-refractivity contribution is 6.46. The van der Waals surface area contributed by atoms with Crippen LogP contribution in [0.4, 0.5) is 0 Å². The molecule has 2 aromatic rings. The van der Waals surface area contributed by atoms with Crippen LogP contribution >= 0.6 is 0 Å². The number of carbonyl (C=O) groups is 2. The van der Waals surface area contributed by atoms with Gasteiger partial charge < -0.3 is 19.5 Å². The number of amides is 1. The first kappa shape index (κ1) is 24.4. The average molecular weight is 452 g/mol. The lowest BCUT2D eigenvalue weighted by atomic mass is 9.90. The number of aryl methyl sites for hydroxylation is 1. The van der Waals surface area contributed by atoms with E-state index in [4.69, 9.17) is 9.47 Å². The van der Waals surface area contributed by atoms with Crippen molar-refractivity contribution in [2.24, 2.45) is 0 Å². The van der Waals surface area contributed by atoms with Gasteiger partial charge in [-0.15, -0.1) is 0 Å². The van der Waals surface area contributed by atoms with Crippen LogP contribution in [-0.4, -0.2) is 42.5 Å². The van der Waals surface area contributed by atoms with E-state index in [2.05, 4.69) is 0 Å². The summed E-state index contributed by atoms with van der Waals surface area (Å²) in [6.45, 7) is 8.38. The Bertz CT molecular complexity index is 1090. The molecule has 0 saturated carbocycles. The standard InChI is InChI=1S/C27H33NO5/c1-7-8-13-28-24(18-11-9-10-12-21(18)32-5)23(26(30)27(28)31)25(29)20-15-19(16(2)3)22(33-6)14-17(20)4/h9-12,14-16,24,29H,7-8,13H2,1-6H3/b25-23+. The Morgan fingerprint density at radius 2 is 1.76 bits per heavy atom. The minimum atomic E-state index is -0.725. The Hall–Kier alpha value is -3.28. The number of benzene rings is 2. The van der Waals surface area contributed by atoms with Crippen molar-refractivity contribution in [3.8, 4) is 11.5 Å². The lowest BCUT2D eigenvalue weighted by molar-refractivity contribution is -0.139. The minimum Gasteiger partial charge on any atom is -0.507 e. The van der Waals surface area contributed by atoms with Crippen LogP contribution in [0.25, 0.3) is 5.76 Å². The van der Waals surface area contributed by atoms with Gasteiger partial charge >= 0.3 is 0 Å². The van der Waals surface area contributed by atoms with Crippen LogP contribution in [0.3, 0.4) is 0 Å². The minimum absolute atomic E-state index is 0.0866. The highest BCUT2D eigenvalue weighted by atomic mass is 16.5. The smallest absolute Gasteiger partial charge is 0.295 e. The Kier molecular flexibility index (Phi) is 7.46. The van der Waals surface area contributed by atoms with E-state index in [1.807, 2.05) is 58.0 Å². The molecule has 1 heterocycles. The molecule has 1 atom stereocenters. The molecule has 2 aromatic carbocycles. The average Bonchev–Trinajstić information content (AvgIpc) is 3.06. The third-order valence-corrected chi connectivity index (χ3v) is 6.18. The molecule has 1 aliphatic heterocycles. The molecule has 0 spiro atoms. The van der Waals surface area contributed by atoms with Crippen LogP contribution in [0.2, 0.25) is 0 Å². The first-order valence-corrected chi connectivity index (χ1v) is 11.4. The molecule has 1 unspecified atom stereocenters. The summed E-state index contributed by atoms with van der Waals surface area (Å²) in [6, 6.07) is 10.3. The van der Waals surface area contributed by atoms with Gasteiger partial charge in [0.1, 0.15) is 17.3 Å². The number of methoxy groups -OCH3 is 2. The maximum absolute atomic E-state index is 13.3. The van der Waals surface area contributed by atoms with Crippen LogP contribution in [0, 0.1) is 6.92 Å². The maximum atomic E-state index is 13.3. The van der Waals surface area contributed by atoms with Gasteiger partial charge in [-0.2, -0.15) is 0 Å². The Morgan fingerprint density at radius 1 is 1.09 bits per heavy atom. The zero-order valence-corrected chi connectivity index (χ0v) is 20.3. The Labute approximate surface area is 195 Å². The SMILES string of the molecule is CCCCN1C(=O)C(=O)/C(=C(/O)c2cc(C(C)C)c(OC)cc2C)C1c1ccccc1OC. The third-order valence-electron chi connectivity index (χ3n) is 6.18. The highest BCUT2D eigenvalue weighted by Gasteiger charge is 2.46. The lowest BCUT2D eigenvalue weighted by Crippen LogP contribution is -2.30. The fourth-order valence-electron chi connectivity index (χ4n) is 4.38. The fourth-order valence-corrected chi connectivity index (χ4v) is 4.38. The molecule has 1 N–H and O–H groups in total. The van der Waals surface area contributed by atoms with E-state index in [-0.39, 0.29) is 17.3 Å². The molecule has 33 heavy (non-hydrogen) atoms. The summed E-state index contributed by atoms with van der Waals surface area (Å²) < 4.78 is 11.1. The summed E-state index contributed by atoms with van der Waals surface area (Å²) in [5.41, 5.74) is 2.95. The van der Waals surface area contributed by atoms with Gasteiger partial charge in [-0.3, -0.25) is 9.59 Å². The van der Waals surface area contributed by atoms with Crippen LogP contribution in [0.15, 0.2) is 42.0 Å². The number of nitrogens with zero attached hydrogens (tertiary/aromatic N) is 1. The van der Waals surface area contributed by atoms with E-state index in [0.717, 1.165) is 29.7 Å². The number of aliphatic hydroxyl groups excluding tert-OH is 1. The van der Waals surface area contributed by atoms with E-state index in [0.29, 0.717) is 23.4 Å². The number of hydrogen-bond acceptors (Lipinski definition) is 5. The van der Waals surface area contributed by atoms with E-state index in [9.17, 15) is 14.7 Å². The van der Waals surface area contributed by atoms with E-state index < -0.39 is 17.7 Å². The van der Waals surface area contributed by atoms with Gasteiger partial charge in [-0.1, -0.05) is 45.4 Å². The van der Waals surface area contributed by atoms with E-state index in [1.54, 1.807) is 25.2 Å². The summed E-state index contributed by atoms with van der Waals surface area (Å²) in [6.07, 6.45) is 1.62. The highest BCUT2D eigenvalue weighted by Crippen LogP contribution is 2.43. The van der Waals surface area contributed by atoms with Crippen molar-refractivity contribution in [3.63, 3.8) is 0 Å². The van der Waals surface area contributed by atoms with Crippen molar-refractivity contribution in [1.82, 2.24) is 4.90 Å². The van der Waals surface area contributed by atoms with Crippen LogP contribution in [0.5, 0.6) is 11.5 Å². The van der Waals surface area contributed by atoms with Gasteiger partial charge in [-0.05, 0) is 48.6 Å². The van der Waals surface area contributed by atoms with Gasteiger partial charge in [0, 0.05) is 17.7 Å². The molecule has 1 amide bonds. The van der Waals surface area contributed by atoms with Gasteiger partial charge in [0.15, 0.2) is 0 Å². The van der Waals surface area contributed by atoms with Crippen molar-refractivity contribution < 1.29 is 24.2 Å². The molecule has 176 valence electrons. The monoisotopic (exact) mass is 451 g/mol. The van der Waals surface area contributed by atoms with Gasteiger partial charge in [0.25, 0.3) is 11.7 Å².